The molecule has 1 aromatic heterocycles. The first-order valence-electron chi connectivity index (χ1n) is 5.94. The van der Waals surface area contributed by atoms with E-state index in [9.17, 15) is 4.79 Å². The average Bonchev–Trinajstić information content (AvgIpc) is 2.79. The van der Waals surface area contributed by atoms with Gasteiger partial charge in [0.05, 0.1) is 0 Å². The van der Waals surface area contributed by atoms with Gasteiger partial charge in [0, 0.05) is 12.3 Å². The quantitative estimate of drug-likeness (QED) is 0.819. The first-order chi connectivity index (χ1) is 8.25. The minimum Gasteiger partial charge on any atom is -0.475 e. The summed E-state index contributed by atoms with van der Waals surface area (Å²) in [4.78, 5) is 13.1. The lowest BCUT2D eigenvalue weighted by atomic mass is 10.1. The van der Waals surface area contributed by atoms with E-state index in [0.717, 1.165) is 12.3 Å². The van der Waals surface area contributed by atoms with Crippen molar-refractivity contribution >= 4 is 17.7 Å². The summed E-state index contributed by atoms with van der Waals surface area (Å²) in [5.41, 5.74) is 0. The minimum absolute atomic E-state index is 0.0190. The number of hydrogen-bond donors (Lipinski definition) is 1. The fourth-order valence-corrected chi connectivity index (χ4v) is 2.83. The van der Waals surface area contributed by atoms with E-state index in [0.29, 0.717) is 5.09 Å². The molecule has 0 radical (unpaired) electrons. The molecule has 0 amide bonds. The van der Waals surface area contributed by atoms with Gasteiger partial charge in [0.15, 0.2) is 5.09 Å². The first-order valence-corrected chi connectivity index (χ1v) is 6.92. The lowest BCUT2D eigenvalue weighted by Gasteiger charge is -2.25. The van der Waals surface area contributed by atoms with Crippen molar-refractivity contribution in [2.75, 3.05) is 25.4 Å². The van der Waals surface area contributed by atoms with Gasteiger partial charge in [-0.2, -0.15) is 0 Å². The highest BCUT2D eigenvalue weighted by atomic mass is 32.2. The Balaban J connectivity index is 1.71. The summed E-state index contributed by atoms with van der Waals surface area (Å²) in [5.74, 6) is -0.0367. The zero-order valence-corrected chi connectivity index (χ0v) is 10.5. The number of aromatic carboxylic acids is 1. The number of hydrogen-bond acceptors (Lipinski definition) is 4. The van der Waals surface area contributed by atoms with Gasteiger partial charge in [-0.3, -0.25) is 0 Å². The standard InChI is InChI=1S/C12H17NO3S/c14-12(15)10-4-5-11(16-10)17-9-8-13-6-2-1-3-7-13/h4-5H,1-3,6-9H2,(H,14,15). The van der Waals surface area contributed by atoms with Crippen molar-refractivity contribution in [3.63, 3.8) is 0 Å². The smallest absolute Gasteiger partial charge is 0.371 e. The fourth-order valence-electron chi connectivity index (χ4n) is 1.97. The number of nitrogens with zero attached hydrogens (tertiary/aromatic N) is 1. The van der Waals surface area contributed by atoms with Gasteiger partial charge in [-0.15, -0.1) is 0 Å². The number of carboxylic acids is 1. The fraction of sp³-hybridized carbons (Fsp3) is 0.583. The molecule has 0 aliphatic carbocycles. The van der Waals surface area contributed by atoms with Gasteiger partial charge in [0.25, 0.3) is 0 Å². The topological polar surface area (TPSA) is 53.7 Å². The van der Waals surface area contributed by atoms with Crippen molar-refractivity contribution in [1.82, 2.24) is 4.90 Å². The number of rotatable bonds is 5. The molecule has 2 rings (SSSR count). The highest BCUT2D eigenvalue weighted by molar-refractivity contribution is 7.99. The largest absolute Gasteiger partial charge is 0.475 e. The maximum absolute atomic E-state index is 10.6. The van der Waals surface area contributed by atoms with Crippen LogP contribution < -0.4 is 0 Å². The molecule has 0 aromatic carbocycles. The van der Waals surface area contributed by atoms with Crippen LogP contribution in [0.4, 0.5) is 0 Å². The van der Waals surface area contributed by atoms with Gasteiger partial charge in [-0.05, 0) is 38.1 Å². The molecule has 1 saturated heterocycles. The number of thioether (sulfide) groups is 1. The molecule has 1 N–H and O–H groups in total. The van der Waals surface area contributed by atoms with Crippen LogP contribution in [0.25, 0.3) is 0 Å². The monoisotopic (exact) mass is 255 g/mol. The molecular weight excluding hydrogens is 238 g/mol. The summed E-state index contributed by atoms with van der Waals surface area (Å²) in [7, 11) is 0. The Labute approximate surface area is 105 Å². The summed E-state index contributed by atoms with van der Waals surface area (Å²) in [6, 6.07) is 3.23. The van der Waals surface area contributed by atoms with Gasteiger partial charge < -0.3 is 14.4 Å². The third-order valence-corrected chi connectivity index (χ3v) is 3.78. The van der Waals surface area contributed by atoms with Crippen molar-refractivity contribution in [2.24, 2.45) is 0 Å². The molecule has 5 heteroatoms. The summed E-state index contributed by atoms with van der Waals surface area (Å²) >= 11 is 1.58. The van der Waals surface area contributed by atoms with Gasteiger partial charge in [-0.1, -0.05) is 18.2 Å². The molecule has 0 unspecified atom stereocenters. The lowest BCUT2D eigenvalue weighted by molar-refractivity contribution is 0.0656. The molecule has 4 nitrogen and oxygen atoms in total. The second kappa shape index (κ2) is 6.12. The van der Waals surface area contributed by atoms with E-state index in [2.05, 4.69) is 4.90 Å². The normalized spacial score (nSPS) is 17.2. The molecule has 0 bridgehead atoms. The molecule has 1 aromatic rings. The van der Waals surface area contributed by atoms with E-state index in [1.165, 1.54) is 38.4 Å². The van der Waals surface area contributed by atoms with Crippen LogP contribution in [0.2, 0.25) is 0 Å². The van der Waals surface area contributed by atoms with Crippen LogP contribution in [0.15, 0.2) is 21.6 Å². The molecule has 2 heterocycles. The van der Waals surface area contributed by atoms with Crippen molar-refractivity contribution in [3.8, 4) is 0 Å². The number of carboxylic acid groups (broad SMARTS) is 1. The van der Waals surface area contributed by atoms with Crippen molar-refractivity contribution in [1.29, 1.82) is 0 Å². The van der Waals surface area contributed by atoms with Crippen LogP contribution in [0.3, 0.4) is 0 Å². The lowest BCUT2D eigenvalue weighted by Crippen LogP contribution is -2.31. The van der Waals surface area contributed by atoms with E-state index in [4.69, 9.17) is 9.52 Å². The molecule has 1 aliphatic rings. The van der Waals surface area contributed by atoms with E-state index >= 15 is 0 Å². The Morgan fingerprint density at radius 2 is 2.12 bits per heavy atom. The van der Waals surface area contributed by atoms with E-state index in [1.807, 2.05) is 0 Å². The Morgan fingerprint density at radius 3 is 2.76 bits per heavy atom. The van der Waals surface area contributed by atoms with Crippen LogP contribution in [-0.2, 0) is 0 Å². The third-order valence-electron chi connectivity index (χ3n) is 2.89. The maximum atomic E-state index is 10.6. The summed E-state index contributed by atoms with van der Waals surface area (Å²) in [5, 5.41) is 9.41. The molecular formula is C12H17NO3S. The maximum Gasteiger partial charge on any atom is 0.371 e. The minimum atomic E-state index is -1.01. The van der Waals surface area contributed by atoms with E-state index in [1.54, 1.807) is 17.8 Å². The predicted octanol–water partition coefficient (Wildman–Crippen LogP) is 2.56. The number of piperidine rings is 1. The Hall–Kier alpha value is -0.940. The number of furan rings is 1. The summed E-state index contributed by atoms with van der Waals surface area (Å²) in [6.45, 7) is 3.44. The zero-order valence-electron chi connectivity index (χ0n) is 9.72. The van der Waals surface area contributed by atoms with Gasteiger partial charge in [0.2, 0.25) is 5.76 Å². The highest BCUT2D eigenvalue weighted by Crippen LogP contribution is 2.21. The molecule has 1 fully saturated rings. The second-order valence-corrected chi connectivity index (χ2v) is 5.27. The summed E-state index contributed by atoms with van der Waals surface area (Å²) in [6.07, 6.45) is 3.95. The SMILES string of the molecule is O=C(O)c1ccc(SCCN2CCCCC2)o1. The van der Waals surface area contributed by atoms with Crippen LogP contribution in [-0.4, -0.2) is 41.4 Å². The summed E-state index contributed by atoms with van der Waals surface area (Å²) < 4.78 is 5.18. The third kappa shape index (κ3) is 3.78. The van der Waals surface area contributed by atoms with Crippen LogP contribution >= 0.6 is 11.8 Å². The predicted molar refractivity (Wildman–Crippen MR) is 66.7 cm³/mol. The van der Waals surface area contributed by atoms with Gasteiger partial charge in [-0.25, -0.2) is 4.79 Å². The Kier molecular flexibility index (Phi) is 4.50. The van der Waals surface area contributed by atoms with Crippen molar-refractivity contribution < 1.29 is 14.3 Å². The van der Waals surface area contributed by atoms with Gasteiger partial charge in [0.1, 0.15) is 0 Å². The molecule has 1 aliphatic heterocycles. The average molecular weight is 255 g/mol. The molecule has 0 atom stereocenters. The molecule has 0 spiro atoms. The molecule has 0 saturated carbocycles. The van der Waals surface area contributed by atoms with E-state index in [-0.39, 0.29) is 5.76 Å². The molecule has 94 valence electrons. The van der Waals surface area contributed by atoms with Crippen molar-refractivity contribution in [3.05, 3.63) is 17.9 Å². The van der Waals surface area contributed by atoms with Crippen LogP contribution in [0, 0.1) is 0 Å². The van der Waals surface area contributed by atoms with Crippen LogP contribution in [0.5, 0.6) is 0 Å². The number of carbonyl (C=O) groups is 1. The Bertz CT molecular complexity index is 372. The Morgan fingerprint density at radius 1 is 1.35 bits per heavy atom. The van der Waals surface area contributed by atoms with E-state index < -0.39 is 5.97 Å². The zero-order chi connectivity index (χ0) is 12.1. The highest BCUT2D eigenvalue weighted by Gasteiger charge is 2.11. The molecule has 17 heavy (non-hydrogen) atoms. The first kappa shape index (κ1) is 12.5. The van der Waals surface area contributed by atoms with Crippen LogP contribution in [0.1, 0.15) is 29.8 Å². The number of likely N-dealkylation sites (tertiary alicyclic amines) is 1. The van der Waals surface area contributed by atoms with Crippen molar-refractivity contribution in [2.45, 2.75) is 24.4 Å². The van der Waals surface area contributed by atoms with Gasteiger partial charge >= 0.3 is 5.97 Å². The second-order valence-electron chi connectivity index (χ2n) is 4.17.